The lowest BCUT2D eigenvalue weighted by Gasteiger charge is -2.17. The van der Waals surface area contributed by atoms with E-state index in [1.165, 1.54) is 6.21 Å². The first-order chi connectivity index (χ1) is 6.00. The third-order valence-corrected chi connectivity index (χ3v) is 2.58. The summed E-state index contributed by atoms with van der Waals surface area (Å²) in [5.41, 5.74) is 0.581. The van der Waals surface area contributed by atoms with E-state index < -0.39 is 11.4 Å². The molecule has 0 fully saturated rings. The summed E-state index contributed by atoms with van der Waals surface area (Å²) in [6, 6.07) is 0. The van der Waals surface area contributed by atoms with Gasteiger partial charge in [-0.3, -0.25) is 5.10 Å². The molecule has 1 unspecified atom stereocenters. The van der Waals surface area contributed by atoms with Crippen molar-refractivity contribution in [2.75, 3.05) is 0 Å². The van der Waals surface area contributed by atoms with Crippen LogP contribution in [-0.4, -0.2) is 30.9 Å². The number of hydrogen-bond donors (Lipinski definition) is 1. The Kier molecular flexibility index (Phi) is 3.05. The van der Waals surface area contributed by atoms with Gasteiger partial charge >= 0.3 is 0 Å². The molecule has 6 heteroatoms. The van der Waals surface area contributed by atoms with E-state index >= 15 is 0 Å². The zero-order chi connectivity index (χ0) is 9.90. The number of nitrogens with one attached hydrogen (secondary N) is 1. The highest BCUT2D eigenvalue weighted by molar-refractivity contribution is 7.91. The monoisotopic (exact) mass is 200 g/mol. The van der Waals surface area contributed by atoms with E-state index in [-0.39, 0.29) is 4.75 Å². The largest absolute Gasteiger partial charge is 0.591 e. The van der Waals surface area contributed by atoms with Crippen molar-refractivity contribution >= 4 is 17.6 Å². The summed E-state index contributed by atoms with van der Waals surface area (Å²) in [7, 11) is 0. The van der Waals surface area contributed by atoms with E-state index in [1.807, 2.05) is 20.8 Å². The highest BCUT2D eigenvalue weighted by atomic mass is 32.2. The molecule has 0 aliphatic carbocycles. The van der Waals surface area contributed by atoms with Gasteiger partial charge in [-0.1, -0.05) is 9.61 Å². The third kappa shape index (κ3) is 3.16. The minimum Gasteiger partial charge on any atom is -0.591 e. The molecule has 1 rings (SSSR count). The van der Waals surface area contributed by atoms with Gasteiger partial charge in [0.1, 0.15) is 28.0 Å². The molecule has 1 N–H and O–H groups in total. The predicted octanol–water partition coefficient (Wildman–Crippen LogP) is 0.686. The van der Waals surface area contributed by atoms with E-state index in [4.69, 9.17) is 0 Å². The van der Waals surface area contributed by atoms with Crippen LogP contribution in [0.3, 0.4) is 0 Å². The van der Waals surface area contributed by atoms with Crippen molar-refractivity contribution in [2.45, 2.75) is 25.5 Å². The Hall–Kier alpha value is -0.880. The molecule has 0 bridgehead atoms. The fraction of sp³-hybridized carbons (Fsp3) is 0.571. The molecule has 1 atom stereocenters. The highest BCUT2D eigenvalue weighted by Gasteiger charge is 2.25. The second-order valence-electron chi connectivity index (χ2n) is 3.49. The smallest absolute Gasteiger partial charge is 0.144 e. The van der Waals surface area contributed by atoms with Crippen LogP contribution in [0.2, 0.25) is 0 Å². The maximum absolute atomic E-state index is 11.4. The SMILES string of the molecule is CC(C)(C)[S+]([O-])/N=C/c1c[nH]nn1. The molecular weight excluding hydrogens is 188 g/mol. The molecule has 13 heavy (non-hydrogen) atoms. The maximum Gasteiger partial charge on any atom is 0.144 e. The number of rotatable bonds is 2. The zero-order valence-electron chi connectivity index (χ0n) is 7.81. The van der Waals surface area contributed by atoms with Gasteiger partial charge in [0.25, 0.3) is 0 Å². The Morgan fingerprint density at radius 3 is 2.77 bits per heavy atom. The van der Waals surface area contributed by atoms with Crippen molar-refractivity contribution < 1.29 is 4.55 Å². The minimum absolute atomic E-state index is 0.333. The summed E-state index contributed by atoms with van der Waals surface area (Å²) in [5.74, 6) is 0. The number of aromatic amines is 1. The van der Waals surface area contributed by atoms with Crippen molar-refractivity contribution in [1.82, 2.24) is 15.4 Å². The van der Waals surface area contributed by atoms with Crippen molar-refractivity contribution in [3.8, 4) is 0 Å². The molecule has 0 aliphatic heterocycles. The van der Waals surface area contributed by atoms with Gasteiger partial charge in [0, 0.05) is 0 Å². The van der Waals surface area contributed by atoms with Gasteiger partial charge in [0.15, 0.2) is 0 Å². The molecule has 0 aromatic carbocycles. The van der Waals surface area contributed by atoms with Crippen molar-refractivity contribution in [3.05, 3.63) is 11.9 Å². The molecule has 0 spiro atoms. The first kappa shape index (κ1) is 10.2. The Morgan fingerprint density at radius 2 is 2.31 bits per heavy atom. The van der Waals surface area contributed by atoms with E-state index in [0.29, 0.717) is 5.69 Å². The molecule has 1 aromatic rings. The van der Waals surface area contributed by atoms with E-state index in [0.717, 1.165) is 0 Å². The third-order valence-electron chi connectivity index (χ3n) is 1.24. The summed E-state index contributed by atoms with van der Waals surface area (Å²) in [6.07, 6.45) is 3.04. The summed E-state index contributed by atoms with van der Waals surface area (Å²) in [4.78, 5) is 0. The molecule has 1 heterocycles. The molecule has 0 radical (unpaired) electrons. The lowest BCUT2D eigenvalue weighted by atomic mass is 10.3. The van der Waals surface area contributed by atoms with Crippen LogP contribution in [0.25, 0.3) is 0 Å². The Morgan fingerprint density at radius 1 is 1.62 bits per heavy atom. The van der Waals surface area contributed by atoms with Crippen LogP contribution in [-0.2, 0) is 11.4 Å². The summed E-state index contributed by atoms with van der Waals surface area (Å²) in [6.45, 7) is 5.59. The van der Waals surface area contributed by atoms with Crippen LogP contribution in [0.5, 0.6) is 0 Å². The first-order valence-electron chi connectivity index (χ1n) is 3.82. The fourth-order valence-electron chi connectivity index (χ4n) is 0.534. The Bertz CT molecular complexity index is 277. The Labute approximate surface area is 80.0 Å². The van der Waals surface area contributed by atoms with Crippen LogP contribution >= 0.6 is 0 Å². The molecule has 72 valence electrons. The molecule has 5 nitrogen and oxygen atoms in total. The molecule has 0 aliphatic rings. The molecule has 0 saturated carbocycles. The van der Waals surface area contributed by atoms with Crippen LogP contribution in [0.15, 0.2) is 10.6 Å². The molecule has 0 amide bonds. The number of H-pyrrole nitrogens is 1. The Balaban J connectivity index is 2.59. The van der Waals surface area contributed by atoms with Crippen molar-refractivity contribution in [2.24, 2.45) is 4.40 Å². The molecule has 1 aromatic heterocycles. The van der Waals surface area contributed by atoms with Crippen LogP contribution in [0.1, 0.15) is 26.5 Å². The van der Waals surface area contributed by atoms with Crippen LogP contribution in [0, 0.1) is 0 Å². The summed E-state index contributed by atoms with van der Waals surface area (Å²) in [5, 5.41) is 9.72. The average molecular weight is 200 g/mol. The quantitative estimate of drug-likeness (QED) is 0.563. The van der Waals surface area contributed by atoms with Gasteiger partial charge in [0.05, 0.1) is 6.20 Å². The average Bonchev–Trinajstić information content (AvgIpc) is 2.50. The number of hydrogen-bond acceptors (Lipinski definition) is 4. The van der Waals surface area contributed by atoms with Gasteiger partial charge in [-0.15, -0.1) is 5.10 Å². The summed E-state index contributed by atoms with van der Waals surface area (Å²) < 4.78 is 14.9. The van der Waals surface area contributed by atoms with Crippen molar-refractivity contribution in [1.29, 1.82) is 0 Å². The topological polar surface area (TPSA) is 77.0 Å². The maximum atomic E-state index is 11.4. The summed E-state index contributed by atoms with van der Waals surface area (Å²) >= 11 is -1.23. The van der Waals surface area contributed by atoms with Gasteiger partial charge in [-0.25, -0.2) is 0 Å². The predicted molar refractivity (Wildman–Crippen MR) is 51.9 cm³/mol. The molecule has 0 saturated heterocycles. The van der Waals surface area contributed by atoms with Crippen molar-refractivity contribution in [3.63, 3.8) is 0 Å². The minimum atomic E-state index is -1.23. The van der Waals surface area contributed by atoms with Gasteiger partial charge < -0.3 is 4.55 Å². The lowest BCUT2D eigenvalue weighted by molar-refractivity contribution is 0.562. The lowest BCUT2D eigenvalue weighted by Crippen LogP contribution is -2.25. The normalized spacial score (nSPS) is 15.1. The second kappa shape index (κ2) is 3.89. The standard InChI is InChI=1S/C7H12N4OS/c1-7(2,3)13(12)9-5-6-4-8-11-10-6/h4-5H,1-3H3,(H,8,10,11)/b9-5+. The van der Waals surface area contributed by atoms with E-state index in [2.05, 4.69) is 19.8 Å². The fourth-order valence-corrected chi connectivity index (χ4v) is 1.05. The second-order valence-corrected chi connectivity index (χ2v) is 5.43. The number of nitrogens with zero attached hydrogens (tertiary/aromatic N) is 3. The zero-order valence-corrected chi connectivity index (χ0v) is 8.63. The van der Waals surface area contributed by atoms with E-state index in [1.54, 1.807) is 6.20 Å². The van der Waals surface area contributed by atoms with Crippen LogP contribution in [0.4, 0.5) is 0 Å². The number of aromatic nitrogens is 3. The van der Waals surface area contributed by atoms with Gasteiger partial charge in [-0.2, -0.15) is 0 Å². The van der Waals surface area contributed by atoms with Gasteiger partial charge in [0.2, 0.25) is 0 Å². The highest BCUT2D eigenvalue weighted by Crippen LogP contribution is 2.16. The van der Waals surface area contributed by atoms with Gasteiger partial charge in [-0.05, 0) is 20.8 Å². The first-order valence-corrected chi connectivity index (χ1v) is 4.93. The van der Waals surface area contributed by atoms with E-state index in [9.17, 15) is 4.55 Å². The molecular formula is C7H12N4OS. The van der Waals surface area contributed by atoms with Crippen LogP contribution < -0.4 is 0 Å².